The lowest BCUT2D eigenvalue weighted by atomic mass is 10.3. The van der Waals surface area contributed by atoms with E-state index in [2.05, 4.69) is 4.98 Å². The Balaban J connectivity index is 2.30. The van der Waals surface area contributed by atoms with Crippen LogP contribution >= 0.6 is 0 Å². The van der Waals surface area contributed by atoms with Gasteiger partial charge in [-0.25, -0.2) is 13.4 Å². The molecule has 0 saturated heterocycles. The molecule has 0 aromatic carbocycles. The summed E-state index contributed by atoms with van der Waals surface area (Å²) in [6, 6.07) is 4.73. The number of hydrogen-bond acceptors (Lipinski definition) is 5. The summed E-state index contributed by atoms with van der Waals surface area (Å²) in [5.74, 6) is 0.694. The molecule has 0 aliphatic heterocycles. The van der Waals surface area contributed by atoms with Crippen molar-refractivity contribution in [3.63, 3.8) is 0 Å². The lowest BCUT2D eigenvalue weighted by molar-refractivity contribution is 0.459. The van der Waals surface area contributed by atoms with Crippen LogP contribution in [0.5, 0.6) is 0 Å². The van der Waals surface area contributed by atoms with Crippen LogP contribution in [0.4, 0.5) is 5.82 Å². The molecule has 19 heavy (non-hydrogen) atoms. The van der Waals surface area contributed by atoms with Crippen molar-refractivity contribution in [1.82, 2.24) is 9.29 Å². The van der Waals surface area contributed by atoms with Crippen molar-refractivity contribution in [2.75, 3.05) is 12.8 Å². The molecule has 0 radical (unpaired) electrons. The fourth-order valence-electron chi connectivity index (χ4n) is 1.69. The molecule has 102 valence electrons. The first-order chi connectivity index (χ1) is 8.93. The molecular weight excluding hydrogens is 266 g/mol. The molecule has 2 aromatic rings. The fourth-order valence-corrected chi connectivity index (χ4v) is 2.90. The Kier molecular flexibility index (Phi) is 3.59. The van der Waals surface area contributed by atoms with Gasteiger partial charge in [-0.2, -0.15) is 4.31 Å². The molecule has 0 amide bonds. The van der Waals surface area contributed by atoms with Crippen molar-refractivity contribution in [3.8, 4) is 0 Å². The number of nitrogens with zero attached hydrogens (tertiary/aromatic N) is 2. The Morgan fingerprint density at radius 3 is 2.74 bits per heavy atom. The highest BCUT2D eigenvalue weighted by atomic mass is 32.2. The molecule has 7 heteroatoms. The number of nitrogens with two attached hydrogens (primary N) is 1. The third kappa shape index (κ3) is 2.61. The number of nitrogen functional groups attached to an aromatic ring is 1. The molecule has 6 nitrogen and oxygen atoms in total. The van der Waals surface area contributed by atoms with E-state index >= 15 is 0 Å². The maximum atomic E-state index is 12.4. The van der Waals surface area contributed by atoms with Crippen LogP contribution in [0.3, 0.4) is 0 Å². The quantitative estimate of drug-likeness (QED) is 0.914. The average Bonchev–Trinajstić information content (AvgIpc) is 2.75. The third-order valence-electron chi connectivity index (χ3n) is 2.85. The molecule has 0 aliphatic carbocycles. The van der Waals surface area contributed by atoms with Gasteiger partial charge in [-0.05, 0) is 25.1 Å². The zero-order valence-electron chi connectivity index (χ0n) is 10.7. The van der Waals surface area contributed by atoms with Crippen LogP contribution in [0.15, 0.2) is 40.0 Å². The Hall–Kier alpha value is -1.86. The van der Waals surface area contributed by atoms with Gasteiger partial charge in [0.1, 0.15) is 16.5 Å². The van der Waals surface area contributed by atoms with Crippen molar-refractivity contribution < 1.29 is 12.8 Å². The van der Waals surface area contributed by atoms with Crippen molar-refractivity contribution in [1.29, 1.82) is 0 Å². The van der Waals surface area contributed by atoms with E-state index in [1.165, 1.54) is 29.9 Å². The van der Waals surface area contributed by atoms with E-state index in [-0.39, 0.29) is 17.3 Å². The first kappa shape index (κ1) is 13.6. The van der Waals surface area contributed by atoms with Gasteiger partial charge in [-0.3, -0.25) is 0 Å². The minimum absolute atomic E-state index is 0.00161. The number of rotatable bonds is 4. The van der Waals surface area contributed by atoms with Crippen LogP contribution in [-0.2, 0) is 16.6 Å². The van der Waals surface area contributed by atoms with Crippen LogP contribution in [0.2, 0.25) is 0 Å². The first-order valence-corrected chi connectivity index (χ1v) is 7.06. The Labute approximate surface area is 111 Å². The van der Waals surface area contributed by atoms with Crippen molar-refractivity contribution in [3.05, 3.63) is 42.0 Å². The van der Waals surface area contributed by atoms with Crippen LogP contribution in [-0.4, -0.2) is 24.8 Å². The van der Waals surface area contributed by atoms with Gasteiger partial charge in [0.25, 0.3) is 0 Å². The summed E-state index contributed by atoms with van der Waals surface area (Å²) < 4.78 is 31.1. The molecule has 0 unspecified atom stereocenters. The number of anilines is 1. The molecule has 0 spiro atoms. The number of sulfonamides is 1. The van der Waals surface area contributed by atoms with Gasteiger partial charge in [0, 0.05) is 25.4 Å². The highest BCUT2D eigenvalue weighted by Crippen LogP contribution is 2.21. The third-order valence-corrected chi connectivity index (χ3v) is 4.70. The lowest BCUT2D eigenvalue weighted by Crippen LogP contribution is -2.27. The average molecular weight is 281 g/mol. The standard InChI is InChI=1S/C12H15N3O3S/c1-9-10(5-7-18-9)8-15(2)19(16,17)11-4-3-6-14-12(11)13/h3-7H,8H2,1-2H3,(H2,13,14). The van der Waals surface area contributed by atoms with Crippen LogP contribution in [0.25, 0.3) is 0 Å². The maximum Gasteiger partial charge on any atom is 0.246 e. The molecule has 0 saturated carbocycles. The lowest BCUT2D eigenvalue weighted by Gasteiger charge is -2.17. The predicted octanol–water partition coefficient (Wildman–Crippen LogP) is 1.39. The molecule has 2 N–H and O–H groups in total. The molecule has 0 atom stereocenters. The summed E-state index contributed by atoms with van der Waals surface area (Å²) in [6.07, 6.45) is 2.98. The second-order valence-corrected chi connectivity index (χ2v) is 6.16. The summed E-state index contributed by atoms with van der Waals surface area (Å²) in [6.45, 7) is 2.01. The monoisotopic (exact) mass is 281 g/mol. The van der Waals surface area contributed by atoms with E-state index in [1.807, 2.05) is 0 Å². The zero-order valence-corrected chi connectivity index (χ0v) is 11.5. The largest absolute Gasteiger partial charge is 0.469 e. The van der Waals surface area contributed by atoms with Crippen LogP contribution in [0, 0.1) is 6.92 Å². The van der Waals surface area contributed by atoms with E-state index in [0.29, 0.717) is 5.76 Å². The molecule has 0 aliphatic rings. The summed E-state index contributed by atoms with van der Waals surface area (Å²) >= 11 is 0. The SMILES string of the molecule is Cc1occc1CN(C)S(=O)(=O)c1cccnc1N. The van der Waals surface area contributed by atoms with Crippen molar-refractivity contribution >= 4 is 15.8 Å². The van der Waals surface area contributed by atoms with Crippen molar-refractivity contribution in [2.45, 2.75) is 18.4 Å². The highest BCUT2D eigenvalue weighted by molar-refractivity contribution is 7.89. The summed E-state index contributed by atoms with van der Waals surface area (Å²) in [7, 11) is -2.16. The number of hydrogen-bond donors (Lipinski definition) is 1. The van der Waals surface area contributed by atoms with Gasteiger partial charge >= 0.3 is 0 Å². The maximum absolute atomic E-state index is 12.4. The molecule has 2 aromatic heterocycles. The number of pyridine rings is 1. The summed E-state index contributed by atoms with van der Waals surface area (Å²) in [5, 5.41) is 0. The second-order valence-electron chi connectivity index (χ2n) is 4.15. The van der Waals surface area contributed by atoms with E-state index in [0.717, 1.165) is 5.56 Å². The van der Waals surface area contributed by atoms with Gasteiger partial charge in [-0.15, -0.1) is 0 Å². The minimum atomic E-state index is -3.66. The van der Waals surface area contributed by atoms with E-state index < -0.39 is 10.0 Å². The molecule has 0 fully saturated rings. The molecule has 2 heterocycles. The van der Waals surface area contributed by atoms with Gasteiger partial charge in [0.15, 0.2) is 0 Å². The number of furan rings is 1. The highest BCUT2D eigenvalue weighted by Gasteiger charge is 2.24. The Bertz CT molecular complexity index is 679. The normalized spacial score (nSPS) is 11.9. The minimum Gasteiger partial charge on any atom is -0.469 e. The predicted molar refractivity (Wildman–Crippen MR) is 70.7 cm³/mol. The summed E-state index contributed by atoms with van der Waals surface area (Å²) in [4.78, 5) is 3.81. The van der Waals surface area contributed by atoms with Crippen molar-refractivity contribution in [2.24, 2.45) is 0 Å². The molecule has 0 bridgehead atoms. The van der Waals surface area contributed by atoms with Crippen LogP contribution in [0.1, 0.15) is 11.3 Å². The number of aromatic nitrogens is 1. The topological polar surface area (TPSA) is 89.4 Å². The zero-order chi connectivity index (χ0) is 14.0. The van der Waals surface area contributed by atoms with Gasteiger partial charge in [0.2, 0.25) is 10.0 Å². The van der Waals surface area contributed by atoms with E-state index in [4.69, 9.17) is 10.2 Å². The molecule has 2 rings (SSSR count). The summed E-state index contributed by atoms with van der Waals surface area (Å²) in [5.41, 5.74) is 6.43. The number of aryl methyl sites for hydroxylation is 1. The van der Waals surface area contributed by atoms with Gasteiger partial charge < -0.3 is 10.2 Å². The van der Waals surface area contributed by atoms with E-state index in [1.54, 1.807) is 19.1 Å². The fraction of sp³-hybridized carbons (Fsp3) is 0.250. The van der Waals surface area contributed by atoms with Gasteiger partial charge in [-0.1, -0.05) is 0 Å². The van der Waals surface area contributed by atoms with Gasteiger partial charge in [0.05, 0.1) is 6.26 Å². The molecular formula is C12H15N3O3S. The Morgan fingerprint density at radius 2 is 2.16 bits per heavy atom. The first-order valence-electron chi connectivity index (χ1n) is 5.62. The van der Waals surface area contributed by atoms with Crippen LogP contribution < -0.4 is 5.73 Å². The smallest absolute Gasteiger partial charge is 0.246 e. The second kappa shape index (κ2) is 5.02. The van der Waals surface area contributed by atoms with E-state index in [9.17, 15) is 8.42 Å². The Morgan fingerprint density at radius 1 is 1.42 bits per heavy atom.